The molecule has 2 aromatic rings. The minimum atomic E-state index is 1.03. The van der Waals surface area contributed by atoms with Gasteiger partial charge < -0.3 is 9.80 Å². The fourth-order valence-electron chi connectivity index (χ4n) is 3.20. The summed E-state index contributed by atoms with van der Waals surface area (Å²) in [5, 5.41) is 0. The molecule has 1 aliphatic rings. The van der Waals surface area contributed by atoms with Crippen molar-refractivity contribution in [1.82, 2.24) is 0 Å². The SMILES string of the molecule is Cc1ccc(N2[C]N(c3ccc(C)cc3C)CCC2)c(C)c1. The van der Waals surface area contributed by atoms with Gasteiger partial charge in [0.2, 0.25) is 6.67 Å². The highest BCUT2D eigenvalue weighted by Gasteiger charge is 2.22. The molecule has 2 aromatic carbocycles. The first kappa shape index (κ1) is 15.0. The Balaban J connectivity index is 1.85. The summed E-state index contributed by atoms with van der Waals surface area (Å²) in [6, 6.07) is 13.3. The second-order valence-corrected chi connectivity index (χ2v) is 6.34. The van der Waals surface area contributed by atoms with Gasteiger partial charge >= 0.3 is 0 Å². The standard InChI is InChI=1S/C20H24N2/c1-15-6-8-19(17(3)12-15)21-10-5-11-22(14-21)20-9-7-16(2)13-18(20)4/h6-9,12-13H,5,10-11H2,1-4H3. The van der Waals surface area contributed by atoms with Crippen molar-refractivity contribution in [3.63, 3.8) is 0 Å². The molecule has 22 heavy (non-hydrogen) atoms. The molecule has 2 nitrogen and oxygen atoms in total. The van der Waals surface area contributed by atoms with Gasteiger partial charge in [-0.1, -0.05) is 35.4 Å². The Morgan fingerprint density at radius 1 is 0.727 bits per heavy atom. The van der Waals surface area contributed by atoms with Gasteiger partial charge in [-0.2, -0.15) is 0 Å². The molecule has 114 valence electrons. The lowest BCUT2D eigenvalue weighted by Gasteiger charge is -2.37. The second kappa shape index (κ2) is 6.04. The molecule has 1 heterocycles. The Morgan fingerprint density at radius 2 is 1.18 bits per heavy atom. The molecule has 2 heteroatoms. The molecule has 0 atom stereocenters. The summed E-state index contributed by atoms with van der Waals surface area (Å²) < 4.78 is 0. The van der Waals surface area contributed by atoms with Crippen molar-refractivity contribution in [2.24, 2.45) is 0 Å². The Bertz CT molecular complexity index is 618. The van der Waals surface area contributed by atoms with Crippen LogP contribution in [0.15, 0.2) is 36.4 Å². The third-order valence-corrected chi connectivity index (χ3v) is 4.29. The second-order valence-electron chi connectivity index (χ2n) is 6.34. The molecule has 1 saturated heterocycles. The molecule has 0 unspecified atom stereocenters. The lowest BCUT2D eigenvalue weighted by atomic mass is 10.1. The fourth-order valence-corrected chi connectivity index (χ4v) is 3.20. The summed E-state index contributed by atoms with van der Waals surface area (Å²) in [7, 11) is 0. The van der Waals surface area contributed by atoms with Crippen LogP contribution in [0, 0.1) is 34.4 Å². The minimum absolute atomic E-state index is 1.03. The number of aryl methyl sites for hydroxylation is 4. The zero-order valence-corrected chi connectivity index (χ0v) is 14.0. The molecular formula is C20H24N2. The maximum absolute atomic E-state index is 3.57. The smallest absolute Gasteiger partial charge is 0.208 e. The third kappa shape index (κ3) is 2.96. The van der Waals surface area contributed by atoms with Gasteiger partial charge in [-0.25, -0.2) is 0 Å². The zero-order chi connectivity index (χ0) is 15.7. The molecule has 1 fully saturated rings. The first-order chi connectivity index (χ1) is 10.5. The summed E-state index contributed by atoms with van der Waals surface area (Å²) in [6.45, 7) is 14.3. The Labute approximate surface area is 134 Å². The maximum atomic E-state index is 3.57. The van der Waals surface area contributed by atoms with E-state index in [9.17, 15) is 0 Å². The lowest BCUT2D eigenvalue weighted by Crippen LogP contribution is -2.41. The van der Waals surface area contributed by atoms with Crippen LogP contribution >= 0.6 is 0 Å². The quantitative estimate of drug-likeness (QED) is 0.796. The van der Waals surface area contributed by atoms with Crippen LogP contribution in [0.25, 0.3) is 0 Å². The van der Waals surface area contributed by atoms with Crippen molar-refractivity contribution in [3.05, 3.63) is 65.3 Å². The van der Waals surface area contributed by atoms with E-state index in [1.807, 2.05) is 0 Å². The molecule has 0 amide bonds. The predicted molar refractivity (Wildman–Crippen MR) is 94.4 cm³/mol. The first-order valence-electron chi connectivity index (χ1n) is 8.00. The molecule has 0 aliphatic carbocycles. The van der Waals surface area contributed by atoms with Crippen molar-refractivity contribution in [2.75, 3.05) is 22.9 Å². The van der Waals surface area contributed by atoms with E-state index in [0.717, 1.165) is 19.5 Å². The molecule has 0 aromatic heterocycles. The number of nitrogens with zero attached hydrogens (tertiary/aromatic N) is 2. The van der Waals surface area contributed by atoms with E-state index in [1.165, 1.54) is 33.6 Å². The summed E-state index contributed by atoms with van der Waals surface area (Å²) in [5.41, 5.74) is 7.78. The van der Waals surface area contributed by atoms with Crippen LogP contribution in [-0.4, -0.2) is 13.1 Å². The molecule has 0 spiro atoms. The fraction of sp³-hybridized carbons (Fsp3) is 0.350. The van der Waals surface area contributed by atoms with Crippen molar-refractivity contribution in [3.8, 4) is 0 Å². The first-order valence-corrected chi connectivity index (χ1v) is 8.00. The molecule has 3 rings (SSSR count). The van der Waals surface area contributed by atoms with Gasteiger partial charge in [0.15, 0.2) is 0 Å². The zero-order valence-electron chi connectivity index (χ0n) is 14.0. The van der Waals surface area contributed by atoms with Gasteiger partial charge in [0.1, 0.15) is 0 Å². The Kier molecular flexibility index (Phi) is 4.10. The number of benzene rings is 2. The van der Waals surface area contributed by atoms with Crippen LogP contribution in [0.5, 0.6) is 0 Å². The van der Waals surface area contributed by atoms with E-state index < -0.39 is 0 Å². The monoisotopic (exact) mass is 292 g/mol. The number of rotatable bonds is 2. The highest BCUT2D eigenvalue weighted by atomic mass is 15.3. The van der Waals surface area contributed by atoms with Crippen molar-refractivity contribution in [1.29, 1.82) is 0 Å². The van der Waals surface area contributed by atoms with Crippen molar-refractivity contribution >= 4 is 11.4 Å². The van der Waals surface area contributed by atoms with E-state index >= 15 is 0 Å². The van der Waals surface area contributed by atoms with Gasteiger partial charge in [-0.05, 0) is 57.4 Å². The van der Waals surface area contributed by atoms with Gasteiger partial charge in [-0.15, -0.1) is 0 Å². The van der Waals surface area contributed by atoms with E-state index in [4.69, 9.17) is 0 Å². The molecular weight excluding hydrogens is 268 g/mol. The van der Waals surface area contributed by atoms with Crippen LogP contribution in [0.1, 0.15) is 28.7 Å². The van der Waals surface area contributed by atoms with Crippen LogP contribution < -0.4 is 9.80 Å². The maximum Gasteiger partial charge on any atom is 0.208 e. The van der Waals surface area contributed by atoms with E-state index in [2.05, 4.69) is 80.6 Å². The third-order valence-electron chi connectivity index (χ3n) is 4.29. The lowest BCUT2D eigenvalue weighted by molar-refractivity contribution is 0.672. The molecule has 1 aliphatic heterocycles. The van der Waals surface area contributed by atoms with E-state index in [1.54, 1.807) is 0 Å². The highest BCUT2D eigenvalue weighted by Crippen LogP contribution is 2.30. The Hall–Kier alpha value is -1.96. The highest BCUT2D eigenvalue weighted by molar-refractivity contribution is 5.62. The molecule has 0 saturated carbocycles. The van der Waals surface area contributed by atoms with Gasteiger partial charge in [0, 0.05) is 24.5 Å². The number of hydrogen-bond acceptors (Lipinski definition) is 2. The molecule has 0 bridgehead atoms. The normalized spacial score (nSPS) is 15.3. The average Bonchev–Trinajstić information content (AvgIpc) is 2.47. The van der Waals surface area contributed by atoms with Crippen LogP contribution in [-0.2, 0) is 0 Å². The Morgan fingerprint density at radius 3 is 1.59 bits per heavy atom. The predicted octanol–water partition coefficient (Wildman–Crippen LogP) is 4.63. The topological polar surface area (TPSA) is 6.48 Å². The summed E-state index contributed by atoms with van der Waals surface area (Å²) in [5.74, 6) is 0. The molecule has 0 N–H and O–H groups in total. The number of anilines is 2. The van der Waals surface area contributed by atoms with Gasteiger partial charge in [-0.3, -0.25) is 0 Å². The van der Waals surface area contributed by atoms with Crippen LogP contribution in [0.2, 0.25) is 0 Å². The van der Waals surface area contributed by atoms with E-state index in [-0.39, 0.29) is 0 Å². The van der Waals surface area contributed by atoms with Crippen LogP contribution in [0.4, 0.5) is 11.4 Å². The van der Waals surface area contributed by atoms with Crippen molar-refractivity contribution in [2.45, 2.75) is 34.1 Å². The average molecular weight is 292 g/mol. The van der Waals surface area contributed by atoms with E-state index in [0.29, 0.717) is 0 Å². The van der Waals surface area contributed by atoms with Gasteiger partial charge in [0.05, 0.1) is 0 Å². The summed E-state index contributed by atoms with van der Waals surface area (Å²) >= 11 is 0. The van der Waals surface area contributed by atoms with Crippen molar-refractivity contribution < 1.29 is 0 Å². The minimum Gasteiger partial charge on any atom is -0.341 e. The largest absolute Gasteiger partial charge is 0.341 e. The summed E-state index contributed by atoms with van der Waals surface area (Å²) in [4.78, 5) is 4.52. The van der Waals surface area contributed by atoms with Crippen LogP contribution in [0.3, 0.4) is 0 Å². The number of hydrogen-bond donors (Lipinski definition) is 0. The van der Waals surface area contributed by atoms with Gasteiger partial charge in [0.25, 0.3) is 0 Å². The summed E-state index contributed by atoms with van der Waals surface area (Å²) in [6.07, 6.45) is 1.15. The molecule has 2 radical (unpaired) electrons.